The zero-order valence-corrected chi connectivity index (χ0v) is 15.6. The quantitative estimate of drug-likeness (QED) is 0.776. The topological polar surface area (TPSA) is 72.2 Å². The van der Waals surface area contributed by atoms with Gasteiger partial charge in [0.25, 0.3) is 0 Å². The smallest absolute Gasteiger partial charge is 0.220 e. The predicted molar refractivity (Wildman–Crippen MR) is 98.9 cm³/mol. The molecule has 3 aromatic heterocycles. The maximum Gasteiger partial charge on any atom is 0.220 e. The van der Waals surface area contributed by atoms with Gasteiger partial charge in [0.15, 0.2) is 11.3 Å². The highest BCUT2D eigenvalue weighted by Gasteiger charge is 2.17. The first-order valence-electron chi connectivity index (χ1n) is 8.81. The summed E-state index contributed by atoms with van der Waals surface area (Å²) in [5, 5.41) is 8.58. The average Bonchev–Trinajstić information content (AvgIpc) is 2.91. The summed E-state index contributed by atoms with van der Waals surface area (Å²) in [5.74, 6) is 0.0829. The molecule has 0 unspecified atom stereocenters. The molecule has 0 radical (unpaired) electrons. The van der Waals surface area contributed by atoms with Crippen LogP contribution in [-0.2, 0) is 11.2 Å². The number of amides is 1. The summed E-state index contributed by atoms with van der Waals surface area (Å²) < 4.78 is 1.87. The van der Waals surface area contributed by atoms with Crippen LogP contribution in [0.4, 0.5) is 0 Å². The molecule has 0 saturated heterocycles. The minimum Gasteiger partial charge on any atom is -0.356 e. The lowest BCUT2D eigenvalue weighted by Crippen LogP contribution is -2.24. The van der Waals surface area contributed by atoms with Crippen LogP contribution in [0.5, 0.6) is 0 Å². The Labute approximate surface area is 147 Å². The number of fused-ring (bicyclic) bond motifs is 3. The maximum absolute atomic E-state index is 11.9. The summed E-state index contributed by atoms with van der Waals surface area (Å²) in [7, 11) is 0. The summed E-state index contributed by atoms with van der Waals surface area (Å²) in [6.07, 6.45) is 2.08. The Hall–Kier alpha value is -2.50. The van der Waals surface area contributed by atoms with E-state index in [1.54, 1.807) is 0 Å². The van der Waals surface area contributed by atoms with E-state index < -0.39 is 0 Å². The van der Waals surface area contributed by atoms with Gasteiger partial charge in [0.05, 0.1) is 5.39 Å². The van der Waals surface area contributed by atoms with Gasteiger partial charge in [0.1, 0.15) is 0 Å². The van der Waals surface area contributed by atoms with Crippen LogP contribution in [0.3, 0.4) is 0 Å². The lowest BCUT2D eigenvalue weighted by molar-refractivity contribution is -0.121. The van der Waals surface area contributed by atoms with Crippen molar-refractivity contribution in [2.75, 3.05) is 6.54 Å². The monoisotopic (exact) mass is 339 g/mol. The van der Waals surface area contributed by atoms with Crippen molar-refractivity contribution in [1.82, 2.24) is 24.9 Å². The van der Waals surface area contributed by atoms with E-state index in [1.165, 1.54) is 0 Å². The molecule has 0 fully saturated rings. The summed E-state index contributed by atoms with van der Waals surface area (Å²) in [5.41, 5.74) is 6.72. The molecular weight excluding hydrogens is 314 g/mol. The highest BCUT2D eigenvalue weighted by molar-refractivity contribution is 5.93. The van der Waals surface area contributed by atoms with Gasteiger partial charge in [0, 0.05) is 30.0 Å². The molecule has 6 heteroatoms. The molecule has 1 amide bonds. The zero-order chi connectivity index (χ0) is 18.1. The van der Waals surface area contributed by atoms with Gasteiger partial charge in [-0.05, 0) is 57.7 Å². The van der Waals surface area contributed by atoms with E-state index in [0.717, 1.165) is 57.9 Å². The summed E-state index contributed by atoms with van der Waals surface area (Å²) in [6, 6.07) is 2.06. The third-order valence-corrected chi connectivity index (χ3v) is 4.58. The van der Waals surface area contributed by atoms with Gasteiger partial charge in [-0.1, -0.05) is 6.92 Å². The fourth-order valence-corrected chi connectivity index (χ4v) is 3.32. The number of hydrogen-bond acceptors (Lipinski definition) is 4. The van der Waals surface area contributed by atoms with E-state index in [4.69, 9.17) is 4.98 Å². The van der Waals surface area contributed by atoms with Gasteiger partial charge in [-0.25, -0.2) is 14.5 Å². The first-order chi connectivity index (χ1) is 11.9. The van der Waals surface area contributed by atoms with Gasteiger partial charge in [-0.15, -0.1) is 5.10 Å². The van der Waals surface area contributed by atoms with Crippen LogP contribution in [0, 0.1) is 27.7 Å². The van der Waals surface area contributed by atoms with Crippen molar-refractivity contribution in [2.24, 2.45) is 0 Å². The van der Waals surface area contributed by atoms with E-state index in [2.05, 4.69) is 28.4 Å². The fourth-order valence-electron chi connectivity index (χ4n) is 3.32. The SMILES string of the molecule is CCCNC(=O)CCc1c(C)nc2c3c(C)cc(C)nc3nn2c1C. The van der Waals surface area contributed by atoms with Crippen molar-refractivity contribution in [2.45, 2.75) is 53.9 Å². The van der Waals surface area contributed by atoms with Crippen molar-refractivity contribution in [3.63, 3.8) is 0 Å². The molecule has 6 nitrogen and oxygen atoms in total. The number of hydrogen-bond donors (Lipinski definition) is 1. The second-order valence-electron chi connectivity index (χ2n) is 6.63. The van der Waals surface area contributed by atoms with Crippen LogP contribution in [0.2, 0.25) is 0 Å². The fraction of sp³-hybridized carbons (Fsp3) is 0.474. The Kier molecular flexibility index (Phi) is 4.70. The molecule has 0 aliphatic carbocycles. The molecule has 0 spiro atoms. The van der Waals surface area contributed by atoms with Crippen LogP contribution in [0.15, 0.2) is 6.07 Å². The largest absolute Gasteiger partial charge is 0.356 e. The van der Waals surface area contributed by atoms with Gasteiger partial charge in [-0.3, -0.25) is 4.79 Å². The summed E-state index contributed by atoms with van der Waals surface area (Å²) in [6.45, 7) is 10.9. The number of rotatable bonds is 5. The number of pyridine rings is 1. The van der Waals surface area contributed by atoms with Crippen molar-refractivity contribution in [3.05, 3.63) is 34.3 Å². The lowest BCUT2D eigenvalue weighted by atomic mass is 10.1. The van der Waals surface area contributed by atoms with Crippen LogP contribution in [0.25, 0.3) is 16.7 Å². The Morgan fingerprint density at radius 1 is 1.20 bits per heavy atom. The molecule has 3 rings (SSSR count). The minimum absolute atomic E-state index is 0.0829. The van der Waals surface area contributed by atoms with Crippen molar-refractivity contribution >= 4 is 22.6 Å². The van der Waals surface area contributed by atoms with Crippen molar-refractivity contribution in [3.8, 4) is 0 Å². The normalized spacial score (nSPS) is 11.4. The van der Waals surface area contributed by atoms with Gasteiger partial charge >= 0.3 is 0 Å². The van der Waals surface area contributed by atoms with Gasteiger partial charge in [-0.2, -0.15) is 0 Å². The third-order valence-electron chi connectivity index (χ3n) is 4.58. The van der Waals surface area contributed by atoms with E-state index in [1.807, 2.05) is 32.2 Å². The van der Waals surface area contributed by atoms with Crippen LogP contribution in [0.1, 0.15) is 48.0 Å². The Balaban J connectivity index is 2.02. The first-order valence-corrected chi connectivity index (χ1v) is 8.81. The molecule has 3 aromatic rings. The second kappa shape index (κ2) is 6.78. The van der Waals surface area contributed by atoms with Crippen LogP contribution >= 0.6 is 0 Å². The minimum atomic E-state index is 0.0829. The zero-order valence-electron chi connectivity index (χ0n) is 15.6. The predicted octanol–water partition coefficient (Wildman–Crippen LogP) is 2.97. The summed E-state index contributed by atoms with van der Waals surface area (Å²) >= 11 is 0. The van der Waals surface area contributed by atoms with E-state index in [-0.39, 0.29) is 5.91 Å². The highest BCUT2D eigenvalue weighted by Crippen LogP contribution is 2.25. The summed E-state index contributed by atoms with van der Waals surface area (Å²) in [4.78, 5) is 21.3. The number of carbonyl (C=O) groups excluding carboxylic acids is 1. The number of carbonyl (C=O) groups is 1. The third kappa shape index (κ3) is 3.21. The molecular formula is C19H25N5O. The highest BCUT2D eigenvalue weighted by atomic mass is 16.1. The maximum atomic E-state index is 11.9. The van der Waals surface area contributed by atoms with E-state index in [9.17, 15) is 4.79 Å². The lowest BCUT2D eigenvalue weighted by Gasteiger charge is -2.11. The molecule has 25 heavy (non-hydrogen) atoms. The second-order valence-corrected chi connectivity index (χ2v) is 6.63. The molecule has 0 aromatic carbocycles. The molecule has 0 aliphatic rings. The average molecular weight is 339 g/mol. The number of nitrogens with zero attached hydrogens (tertiary/aromatic N) is 4. The molecule has 0 aliphatic heterocycles. The molecule has 132 valence electrons. The number of aromatic nitrogens is 4. The molecule has 0 bridgehead atoms. The molecule has 3 heterocycles. The van der Waals surface area contributed by atoms with Crippen LogP contribution in [-0.4, -0.2) is 32.0 Å². The van der Waals surface area contributed by atoms with E-state index in [0.29, 0.717) is 12.8 Å². The van der Waals surface area contributed by atoms with E-state index >= 15 is 0 Å². The molecule has 0 saturated carbocycles. The first kappa shape index (κ1) is 17.3. The number of nitrogens with one attached hydrogen (secondary N) is 1. The van der Waals surface area contributed by atoms with Crippen LogP contribution < -0.4 is 5.32 Å². The van der Waals surface area contributed by atoms with Crippen molar-refractivity contribution in [1.29, 1.82) is 0 Å². The Bertz CT molecular complexity index is 958. The molecule has 1 N–H and O–H groups in total. The molecule has 0 atom stereocenters. The van der Waals surface area contributed by atoms with Crippen molar-refractivity contribution < 1.29 is 4.79 Å². The van der Waals surface area contributed by atoms with Gasteiger partial charge < -0.3 is 5.32 Å². The Morgan fingerprint density at radius 3 is 2.68 bits per heavy atom. The Morgan fingerprint density at radius 2 is 1.96 bits per heavy atom. The van der Waals surface area contributed by atoms with Gasteiger partial charge in [0.2, 0.25) is 5.91 Å². The standard InChI is InChI=1S/C19H25N5O/c1-6-9-20-16(25)8-7-15-13(4)22-19-17-11(2)10-12(3)21-18(17)23-24(19)14(15)5/h10H,6-9H2,1-5H3,(H,20,25). The number of aryl methyl sites for hydroxylation is 4.